The largest absolute Gasteiger partial charge is 0.490 e. The number of carbonyl (C=O) groups excluding carboxylic acids is 1. The summed E-state index contributed by atoms with van der Waals surface area (Å²) in [6, 6.07) is 12.9. The van der Waals surface area contributed by atoms with E-state index in [0.717, 1.165) is 16.7 Å². The first kappa shape index (κ1) is 17.0. The summed E-state index contributed by atoms with van der Waals surface area (Å²) in [5.74, 6) is 1.43. The molecule has 0 spiro atoms. The zero-order valence-corrected chi connectivity index (χ0v) is 15.0. The third-order valence-electron chi connectivity index (χ3n) is 4.46. The fourth-order valence-corrected chi connectivity index (χ4v) is 3.26. The maximum atomic E-state index is 11.9. The molecular weight excluding hydrogens is 342 g/mol. The molecule has 0 fully saturated rings. The number of nitrogens with zero attached hydrogens (tertiary/aromatic N) is 3. The number of hydrogen-bond donors (Lipinski definition) is 0. The lowest BCUT2D eigenvalue weighted by Crippen LogP contribution is -2.06. The molecule has 0 amide bonds. The Kier molecular flexibility index (Phi) is 4.21. The first-order valence-electron chi connectivity index (χ1n) is 8.77. The summed E-state index contributed by atoms with van der Waals surface area (Å²) < 4.78 is 11.1. The van der Waals surface area contributed by atoms with Crippen molar-refractivity contribution in [3.05, 3.63) is 53.1 Å². The van der Waals surface area contributed by atoms with Gasteiger partial charge in [-0.05, 0) is 44.0 Å². The Labute approximate surface area is 156 Å². The van der Waals surface area contributed by atoms with E-state index >= 15 is 0 Å². The maximum absolute atomic E-state index is 11.9. The molecule has 6 heteroatoms. The van der Waals surface area contributed by atoms with Crippen LogP contribution in [0.3, 0.4) is 0 Å². The standard InChI is InChI=1S/C21H17N3O3/c1-12(2)26-19-9-6-13(10-14(19)11-22)21-23-20(24-27-21)17-5-3-4-16-15(17)7-8-18(16)25/h3-6,9-10,12H,7-8H2,1-2H3. The van der Waals surface area contributed by atoms with Crippen molar-refractivity contribution >= 4 is 5.78 Å². The Morgan fingerprint density at radius 2 is 2.00 bits per heavy atom. The van der Waals surface area contributed by atoms with E-state index in [-0.39, 0.29) is 11.9 Å². The third kappa shape index (κ3) is 3.08. The van der Waals surface area contributed by atoms with Crippen molar-refractivity contribution in [3.8, 4) is 34.7 Å². The number of fused-ring (bicyclic) bond motifs is 1. The SMILES string of the molecule is CC(C)Oc1ccc(-c2nc(-c3cccc4c3CCC4=O)no2)cc1C#N. The summed E-state index contributed by atoms with van der Waals surface area (Å²) in [6.45, 7) is 3.81. The van der Waals surface area contributed by atoms with Gasteiger partial charge in [-0.3, -0.25) is 4.79 Å². The average molecular weight is 359 g/mol. The first-order chi connectivity index (χ1) is 13.1. The summed E-state index contributed by atoms with van der Waals surface area (Å²) in [5, 5.41) is 13.5. The van der Waals surface area contributed by atoms with Gasteiger partial charge in [0.25, 0.3) is 5.89 Å². The van der Waals surface area contributed by atoms with Crippen LogP contribution in [-0.2, 0) is 6.42 Å². The first-order valence-corrected chi connectivity index (χ1v) is 8.77. The van der Waals surface area contributed by atoms with Crippen LogP contribution in [0.5, 0.6) is 5.75 Å². The molecule has 6 nitrogen and oxygen atoms in total. The Morgan fingerprint density at radius 1 is 1.19 bits per heavy atom. The van der Waals surface area contributed by atoms with E-state index in [1.54, 1.807) is 18.2 Å². The van der Waals surface area contributed by atoms with E-state index < -0.39 is 0 Å². The number of aromatic nitrogens is 2. The summed E-state index contributed by atoms with van der Waals surface area (Å²) in [5.41, 5.74) is 3.57. The summed E-state index contributed by atoms with van der Waals surface area (Å²) in [4.78, 5) is 16.4. The lowest BCUT2D eigenvalue weighted by Gasteiger charge is -2.11. The monoisotopic (exact) mass is 359 g/mol. The summed E-state index contributed by atoms with van der Waals surface area (Å²) in [7, 11) is 0. The van der Waals surface area contributed by atoms with Crippen molar-refractivity contribution in [2.24, 2.45) is 0 Å². The van der Waals surface area contributed by atoms with Gasteiger partial charge in [0.15, 0.2) is 5.78 Å². The fraction of sp³-hybridized carbons (Fsp3) is 0.238. The molecule has 3 aromatic rings. The predicted octanol–water partition coefficient (Wildman–Crippen LogP) is 4.19. The van der Waals surface area contributed by atoms with E-state index in [1.807, 2.05) is 32.0 Å². The minimum Gasteiger partial charge on any atom is -0.490 e. The van der Waals surface area contributed by atoms with Crippen molar-refractivity contribution in [1.29, 1.82) is 5.26 Å². The average Bonchev–Trinajstić information content (AvgIpc) is 3.29. The van der Waals surface area contributed by atoms with Crippen LogP contribution in [-0.4, -0.2) is 22.0 Å². The lowest BCUT2D eigenvalue weighted by molar-refractivity contribution is 0.0994. The van der Waals surface area contributed by atoms with Gasteiger partial charge in [0, 0.05) is 23.1 Å². The Bertz CT molecular complexity index is 1080. The van der Waals surface area contributed by atoms with Gasteiger partial charge in [0.2, 0.25) is 5.82 Å². The molecule has 4 rings (SSSR count). The Balaban J connectivity index is 1.70. The van der Waals surface area contributed by atoms with Crippen molar-refractivity contribution in [3.63, 3.8) is 0 Å². The van der Waals surface area contributed by atoms with Gasteiger partial charge in [-0.15, -0.1) is 0 Å². The molecule has 0 saturated heterocycles. The molecule has 0 N–H and O–H groups in total. The van der Waals surface area contributed by atoms with Crippen LogP contribution < -0.4 is 4.74 Å². The van der Waals surface area contributed by atoms with Crippen LogP contribution in [0.1, 0.15) is 41.8 Å². The number of carbonyl (C=O) groups is 1. The van der Waals surface area contributed by atoms with Crippen molar-refractivity contribution in [2.45, 2.75) is 32.8 Å². The van der Waals surface area contributed by atoms with Gasteiger partial charge in [-0.25, -0.2) is 0 Å². The highest BCUT2D eigenvalue weighted by molar-refractivity contribution is 6.02. The molecule has 2 aromatic carbocycles. The molecule has 0 aliphatic heterocycles. The molecule has 1 aliphatic carbocycles. The van der Waals surface area contributed by atoms with Crippen LogP contribution >= 0.6 is 0 Å². The topological polar surface area (TPSA) is 89.0 Å². The zero-order chi connectivity index (χ0) is 19.0. The molecular formula is C21H17N3O3. The van der Waals surface area contributed by atoms with Gasteiger partial charge in [-0.2, -0.15) is 10.2 Å². The molecule has 1 heterocycles. The Morgan fingerprint density at radius 3 is 2.78 bits per heavy atom. The molecule has 0 saturated carbocycles. The maximum Gasteiger partial charge on any atom is 0.258 e. The second-order valence-corrected chi connectivity index (χ2v) is 6.67. The number of hydrogen-bond acceptors (Lipinski definition) is 6. The molecule has 0 atom stereocenters. The predicted molar refractivity (Wildman–Crippen MR) is 98.3 cm³/mol. The summed E-state index contributed by atoms with van der Waals surface area (Å²) in [6.07, 6.45) is 1.18. The van der Waals surface area contributed by atoms with E-state index in [2.05, 4.69) is 16.2 Å². The van der Waals surface area contributed by atoms with Crippen LogP contribution in [0.25, 0.3) is 22.8 Å². The molecule has 0 radical (unpaired) electrons. The minimum atomic E-state index is -0.0270. The van der Waals surface area contributed by atoms with Crippen molar-refractivity contribution in [2.75, 3.05) is 0 Å². The van der Waals surface area contributed by atoms with Gasteiger partial charge >= 0.3 is 0 Å². The van der Waals surface area contributed by atoms with E-state index in [0.29, 0.717) is 41.4 Å². The van der Waals surface area contributed by atoms with E-state index in [4.69, 9.17) is 9.26 Å². The molecule has 1 aliphatic rings. The normalized spacial score (nSPS) is 12.9. The highest BCUT2D eigenvalue weighted by atomic mass is 16.5. The molecule has 0 bridgehead atoms. The number of nitriles is 1. The Hall–Kier alpha value is -3.46. The van der Waals surface area contributed by atoms with E-state index in [9.17, 15) is 10.1 Å². The zero-order valence-electron chi connectivity index (χ0n) is 15.0. The van der Waals surface area contributed by atoms with Crippen molar-refractivity contribution < 1.29 is 14.1 Å². The molecule has 1 aromatic heterocycles. The quantitative estimate of drug-likeness (QED) is 0.694. The van der Waals surface area contributed by atoms with Gasteiger partial charge in [0.05, 0.1) is 11.7 Å². The molecule has 0 unspecified atom stereocenters. The number of rotatable bonds is 4. The smallest absolute Gasteiger partial charge is 0.258 e. The second kappa shape index (κ2) is 6.69. The second-order valence-electron chi connectivity index (χ2n) is 6.67. The fourth-order valence-electron chi connectivity index (χ4n) is 3.26. The number of benzene rings is 2. The highest BCUT2D eigenvalue weighted by Gasteiger charge is 2.24. The van der Waals surface area contributed by atoms with Crippen molar-refractivity contribution in [1.82, 2.24) is 10.1 Å². The summed E-state index contributed by atoms with van der Waals surface area (Å²) >= 11 is 0. The van der Waals surface area contributed by atoms with Crippen LogP contribution in [0.2, 0.25) is 0 Å². The highest BCUT2D eigenvalue weighted by Crippen LogP contribution is 2.33. The number of ether oxygens (including phenoxy) is 1. The van der Waals surface area contributed by atoms with Gasteiger partial charge in [-0.1, -0.05) is 23.4 Å². The van der Waals surface area contributed by atoms with E-state index in [1.165, 1.54) is 0 Å². The van der Waals surface area contributed by atoms with Gasteiger partial charge < -0.3 is 9.26 Å². The third-order valence-corrected chi connectivity index (χ3v) is 4.46. The van der Waals surface area contributed by atoms with Crippen LogP contribution in [0.4, 0.5) is 0 Å². The molecule has 134 valence electrons. The molecule has 27 heavy (non-hydrogen) atoms. The number of ketones is 1. The minimum absolute atomic E-state index is 0.0270. The van der Waals surface area contributed by atoms with Crippen LogP contribution in [0, 0.1) is 11.3 Å². The van der Waals surface area contributed by atoms with Crippen LogP contribution in [0.15, 0.2) is 40.9 Å². The van der Waals surface area contributed by atoms with Gasteiger partial charge in [0.1, 0.15) is 11.8 Å². The lowest BCUT2D eigenvalue weighted by atomic mass is 10.0. The number of Topliss-reactive ketones (excluding diaryl/α,β-unsaturated/α-hetero) is 1.